The highest BCUT2D eigenvalue weighted by atomic mass is 127. The van der Waals surface area contributed by atoms with Crippen LogP contribution < -0.4 is 20.1 Å². The van der Waals surface area contributed by atoms with Crippen molar-refractivity contribution in [2.45, 2.75) is 51.8 Å². The smallest absolute Gasteiger partial charge is 0.218 e. The highest BCUT2D eigenvalue weighted by Crippen LogP contribution is 2.25. The van der Waals surface area contributed by atoms with Gasteiger partial charge in [-0.3, -0.25) is 4.99 Å². The standard InChI is InChI=1S/C24H34N4O3.HI/c1-18-10-11-19(22(15-18)30-14-13-29-3)16-27-24(25-2)28-17-20-7-6-12-26-23(20)31-21-8-4-5-9-21;/h6-7,10-12,15,21H,4-5,8-9,13-14,16-17H2,1-3H3,(H2,25,27,28);1H. The summed E-state index contributed by atoms with van der Waals surface area (Å²) in [5.41, 5.74) is 3.25. The van der Waals surface area contributed by atoms with Crippen molar-refractivity contribution in [1.82, 2.24) is 15.6 Å². The van der Waals surface area contributed by atoms with E-state index in [1.165, 1.54) is 12.8 Å². The first kappa shape index (κ1) is 26.2. The fraction of sp³-hybridized carbons (Fsp3) is 0.500. The minimum atomic E-state index is 0. The number of nitrogens with zero attached hydrogens (tertiary/aromatic N) is 2. The van der Waals surface area contributed by atoms with Gasteiger partial charge >= 0.3 is 0 Å². The number of nitrogens with one attached hydrogen (secondary N) is 2. The summed E-state index contributed by atoms with van der Waals surface area (Å²) < 4.78 is 17.1. The van der Waals surface area contributed by atoms with Gasteiger partial charge < -0.3 is 24.8 Å². The summed E-state index contributed by atoms with van der Waals surface area (Å²) in [5, 5.41) is 6.73. The molecule has 7 nitrogen and oxygen atoms in total. The third kappa shape index (κ3) is 8.12. The number of halogens is 1. The molecule has 0 amide bonds. The van der Waals surface area contributed by atoms with Crippen molar-refractivity contribution in [2.75, 3.05) is 27.4 Å². The molecule has 3 rings (SSSR count). The highest BCUT2D eigenvalue weighted by molar-refractivity contribution is 14.0. The number of ether oxygens (including phenoxy) is 3. The summed E-state index contributed by atoms with van der Waals surface area (Å²) in [6.45, 7) is 4.31. The van der Waals surface area contributed by atoms with Crippen LogP contribution in [0, 0.1) is 6.92 Å². The van der Waals surface area contributed by atoms with Gasteiger partial charge in [0.1, 0.15) is 18.5 Å². The monoisotopic (exact) mass is 554 g/mol. The second-order valence-corrected chi connectivity index (χ2v) is 7.72. The molecule has 1 fully saturated rings. The Kier molecular flexibility index (Phi) is 11.6. The van der Waals surface area contributed by atoms with Crippen LogP contribution in [0.25, 0.3) is 0 Å². The minimum absolute atomic E-state index is 0. The molecular weight excluding hydrogens is 519 g/mol. The van der Waals surface area contributed by atoms with E-state index in [1.807, 2.05) is 18.2 Å². The van der Waals surface area contributed by atoms with Gasteiger partial charge in [0.25, 0.3) is 0 Å². The number of guanidine groups is 1. The van der Waals surface area contributed by atoms with Gasteiger partial charge in [0, 0.05) is 44.6 Å². The average molecular weight is 554 g/mol. The molecule has 0 aliphatic heterocycles. The molecule has 1 aliphatic carbocycles. The zero-order valence-electron chi connectivity index (χ0n) is 19.2. The summed E-state index contributed by atoms with van der Waals surface area (Å²) in [6, 6.07) is 10.2. The summed E-state index contributed by atoms with van der Waals surface area (Å²) in [6.07, 6.45) is 6.75. The average Bonchev–Trinajstić information content (AvgIpc) is 3.29. The van der Waals surface area contributed by atoms with Crippen LogP contribution in [0.2, 0.25) is 0 Å². The third-order valence-corrected chi connectivity index (χ3v) is 5.31. The number of hydrogen-bond acceptors (Lipinski definition) is 5. The molecule has 0 bridgehead atoms. The largest absolute Gasteiger partial charge is 0.491 e. The Morgan fingerprint density at radius 2 is 1.84 bits per heavy atom. The summed E-state index contributed by atoms with van der Waals surface area (Å²) >= 11 is 0. The molecule has 32 heavy (non-hydrogen) atoms. The lowest BCUT2D eigenvalue weighted by molar-refractivity contribution is 0.145. The van der Waals surface area contributed by atoms with Crippen LogP contribution in [0.4, 0.5) is 0 Å². The fourth-order valence-electron chi connectivity index (χ4n) is 3.58. The van der Waals surface area contributed by atoms with Crippen molar-refractivity contribution in [3.8, 4) is 11.6 Å². The summed E-state index contributed by atoms with van der Waals surface area (Å²) in [5.74, 6) is 2.28. The molecule has 0 radical (unpaired) electrons. The van der Waals surface area contributed by atoms with E-state index in [4.69, 9.17) is 14.2 Å². The number of aryl methyl sites for hydroxylation is 1. The second-order valence-electron chi connectivity index (χ2n) is 7.72. The predicted octanol–water partition coefficient (Wildman–Crippen LogP) is 4.22. The second kappa shape index (κ2) is 14.2. The van der Waals surface area contributed by atoms with Crippen molar-refractivity contribution >= 4 is 29.9 Å². The zero-order chi connectivity index (χ0) is 21.9. The number of pyridine rings is 1. The van der Waals surface area contributed by atoms with E-state index in [9.17, 15) is 0 Å². The van der Waals surface area contributed by atoms with Crippen LogP contribution in [0.1, 0.15) is 42.4 Å². The molecule has 0 saturated heterocycles. The molecule has 1 aromatic carbocycles. The van der Waals surface area contributed by atoms with Crippen LogP contribution in [0.3, 0.4) is 0 Å². The lowest BCUT2D eigenvalue weighted by atomic mass is 10.1. The molecule has 0 spiro atoms. The van der Waals surface area contributed by atoms with Gasteiger partial charge in [-0.2, -0.15) is 0 Å². The van der Waals surface area contributed by atoms with Gasteiger partial charge in [-0.1, -0.05) is 18.2 Å². The van der Waals surface area contributed by atoms with E-state index >= 15 is 0 Å². The van der Waals surface area contributed by atoms with E-state index in [1.54, 1.807) is 20.4 Å². The highest BCUT2D eigenvalue weighted by Gasteiger charge is 2.18. The molecule has 1 heterocycles. The van der Waals surface area contributed by atoms with Gasteiger partial charge in [-0.05, 0) is 50.3 Å². The lowest BCUT2D eigenvalue weighted by Crippen LogP contribution is -2.36. The Bertz CT molecular complexity index is 857. The maximum absolute atomic E-state index is 6.14. The van der Waals surface area contributed by atoms with Crippen LogP contribution in [-0.4, -0.2) is 44.4 Å². The number of aliphatic imine (C=N–C) groups is 1. The van der Waals surface area contributed by atoms with E-state index in [0.717, 1.165) is 35.3 Å². The van der Waals surface area contributed by atoms with E-state index in [0.29, 0.717) is 38.1 Å². The minimum Gasteiger partial charge on any atom is -0.491 e. The van der Waals surface area contributed by atoms with Crippen LogP contribution >= 0.6 is 24.0 Å². The Hall–Kier alpha value is -2.07. The molecule has 1 saturated carbocycles. The van der Waals surface area contributed by atoms with Gasteiger partial charge in [-0.15, -0.1) is 24.0 Å². The molecule has 1 aromatic heterocycles. The number of benzene rings is 1. The molecule has 1 aliphatic rings. The predicted molar refractivity (Wildman–Crippen MR) is 138 cm³/mol. The van der Waals surface area contributed by atoms with Crippen molar-refractivity contribution < 1.29 is 14.2 Å². The van der Waals surface area contributed by atoms with Gasteiger partial charge in [0.2, 0.25) is 5.88 Å². The maximum atomic E-state index is 6.14. The third-order valence-electron chi connectivity index (χ3n) is 5.31. The fourth-order valence-corrected chi connectivity index (χ4v) is 3.58. The summed E-state index contributed by atoms with van der Waals surface area (Å²) in [7, 11) is 3.43. The summed E-state index contributed by atoms with van der Waals surface area (Å²) in [4.78, 5) is 8.79. The Morgan fingerprint density at radius 3 is 2.56 bits per heavy atom. The van der Waals surface area contributed by atoms with Crippen LogP contribution in [-0.2, 0) is 17.8 Å². The van der Waals surface area contributed by atoms with Crippen molar-refractivity contribution in [3.05, 3.63) is 53.2 Å². The Balaban J connectivity index is 0.00000363. The van der Waals surface area contributed by atoms with Crippen LogP contribution in [0.15, 0.2) is 41.5 Å². The van der Waals surface area contributed by atoms with Gasteiger partial charge in [0.15, 0.2) is 5.96 Å². The normalized spacial score (nSPS) is 14.0. The van der Waals surface area contributed by atoms with Crippen molar-refractivity contribution in [1.29, 1.82) is 0 Å². The van der Waals surface area contributed by atoms with E-state index in [-0.39, 0.29) is 30.1 Å². The molecule has 0 unspecified atom stereocenters. The first-order chi connectivity index (χ1) is 15.2. The molecular formula is C24H35IN4O3. The van der Waals surface area contributed by atoms with E-state index in [2.05, 4.69) is 39.7 Å². The first-order valence-electron chi connectivity index (χ1n) is 11.0. The molecule has 0 atom stereocenters. The molecule has 8 heteroatoms. The SMILES string of the molecule is CN=C(NCc1ccc(C)cc1OCCOC)NCc1cccnc1OC1CCCC1.I. The Labute approximate surface area is 208 Å². The van der Waals surface area contributed by atoms with Gasteiger partial charge in [-0.25, -0.2) is 4.98 Å². The van der Waals surface area contributed by atoms with Crippen LogP contribution in [0.5, 0.6) is 11.6 Å². The van der Waals surface area contributed by atoms with Gasteiger partial charge in [0.05, 0.1) is 6.61 Å². The molecule has 2 N–H and O–H groups in total. The zero-order valence-corrected chi connectivity index (χ0v) is 21.6. The number of methoxy groups -OCH3 is 1. The molecule has 176 valence electrons. The maximum Gasteiger partial charge on any atom is 0.218 e. The topological polar surface area (TPSA) is 77.0 Å². The number of hydrogen-bond donors (Lipinski definition) is 2. The van der Waals surface area contributed by atoms with Crippen molar-refractivity contribution in [2.24, 2.45) is 4.99 Å². The van der Waals surface area contributed by atoms with E-state index < -0.39 is 0 Å². The first-order valence-corrected chi connectivity index (χ1v) is 11.0. The Morgan fingerprint density at radius 1 is 1.09 bits per heavy atom. The molecule has 2 aromatic rings. The number of aromatic nitrogens is 1. The number of rotatable bonds is 10. The lowest BCUT2D eigenvalue weighted by Gasteiger charge is -2.17. The van der Waals surface area contributed by atoms with Crippen molar-refractivity contribution in [3.63, 3.8) is 0 Å². The quantitative estimate of drug-likeness (QED) is 0.198.